The summed E-state index contributed by atoms with van der Waals surface area (Å²) in [5.74, 6) is 0. The quantitative estimate of drug-likeness (QED) is 0.785. The highest BCUT2D eigenvalue weighted by molar-refractivity contribution is 9.11. The summed E-state index contributed by atoms with van der Waals surface area (Å²) >= 11 is 4.78. The zero-order valence-corrected chi connectivity index (χ0v) is 15.7. The van der Waals surface area contributed by atoms with Gasteiger partial charge in [-0.2, -0.15) is 4.31 Å². The number of hydrogen-bond donors (Lipinski definition) is 0. The second kappa shape index (κ2) is 6.20. The molecule has 1 aromatic heterocycles. The molecule has 114 valence electrons. The van der Waals surface area contributed by atoms with Gasteiger partial charge in [-0.15, -0.1) is 11.3 Å². The molecule has 0 aliphatic rings. The first-order chi connectivity index (χ1) is 9.71. The molecule has 0 N–H and O–H groups in total. The molecule has 0 unspecified atom stereocenters. The minimum Gasteiger partial charge on any atom is -0.207 e. The molecule has 0 radical (unpaired) electrons. The Hall–Kier alpha value is -0.690. The van der Waals surface area contributed by atoms with Gasteiger partial charge in [0.2, 0.25) is 10.0 Å². The number of thiophene rings is 1. The molecule has 2 rings (SSSR count). The molecule has 21 heavy (non-hydrogen) atoms. The summed E-state index contributed by atoms with van der Waals surface area (Å²) in [6, 6.07) is 7.75. The summed E-state index contributed by atoms with van der Waals surface area (Å²) in [4.78, 5) is 1.18. The van der Waals surface area contributed by atoms with E-state index in [9.17, 15) is 8.42 Å². The van der Waals surface area contributed by atoms with Gasteiger partial charge in [0, 0.05) is 18.5 Å². The zero-order chi connectivity index (χ0) is 15.8. The zero-order valence-electron chi connectivity index (χ0n) is 12.5. The van der Waals surface area contributed by atoms with Crippen LogP contribution in [0.2, 0.25) is 0 Å². The summed E-state index contributed by atoms with van der Waals surface area (Å²) < 4.78 is 27.6. The first-order valence-electron chi connectivity index (χ1n) is 6.50. The van der Waals surface area contributed by atoms with E-state index in [-0.39, 0.29) is 0 Å². The molecule has 0 amide bonds. The number of aryl methyl sites for hydroxylation is 3. The molecule has 0 fully saturated rings. The Morgan fingerprint density at radius 1 is 1.19 bits per heavy atom. The molecule has 1 heterocycles. The summed E-state index contributed by atoms with van der Waals surface area (Å²) in [6.45, 7) is 6.24. The Morgan fingerprint density at radius 2 is 1.86 bits per heavy atom. The molecular weight excluding hydrogens is 370 g/mol. The van der Waals surface area contributed by atoms with Crippen LogP contribution in [-0.4, -0.2) is 19.8 Å². The monoisotopic (exact) mass is 387 g/mol. The third-order valence-electron chi connectivity index (χ3n) is 3.42. The van der Waals surface area contributed by atoms with E-state index in [1.807, 2.05) is 32.9 Å². The van der Waals surface area contributed by atoms with Gasteiger partial charge in [-0.25, -0.2) is 8.42 Å². The lowest BCUT2D eigenvalue weighted by atomic mass is 10.1. The molecular formula is C15H18BrNO2S2. The lowest BCUT2D eigenvalue weighted by Gasteiger charge is -2.18. The summed E-state index contributed by atoms with van der Waals surface area (Å²) in [5, 5.41) is 0. The Morgan fingerprint density at radius 3 is 2.38 bits per heavy atom. The fraction of sp³-hybridized carbons (Fsp3) is 0.333. The maximum Gasteiger partial charge on any atom is 0.244 e. The lowest BCUT2D eigenvalue weighted by molar-refractivity contribution is 0.466. The van der Waals surface area contributed by atoms with E-state index in [1.165, 1.54) is 21.2 Å². The van der Waals surface area contributed by atoms with E-state index in [2.05, 4.69) is 22.0 Å². The first kappa shape index (κ1) is 16.7. The Bertz CT molecular complexity index is 766. The van der Waals surface area contributed by atoms with E-state index in [0.717, 1.165) is 19.8 Å². The van der Waals surface area contributed by atoms with E-state index < -0.39 is 10.0 Å². The molecule has 3 nitrogen and oxygen atoms in total. The van der Waals surface area contributed by atoms with Crippen LogP contribution in [0, 0.1) is 20.8 Å². The Labute approximate surface area is 138 Å². The molecule has 0 aliphatic heterocycles. The third-order valence-corrected chi connectivity index (χ3v) is 7.03. The number of halogens is 1. The highest BCUT2D eigenvalue weighted by Crippen LogP contribution is 2.31. The van der Waals surface area contributed by atoms with Crippen LogP contribution < -0.4 is 0 Å². The highest BCUT2D eigenvalue weighted by atomic mass is 79.9. The minimum absolute atomic E-state index is 0.376. The van der Waals surface area contributed by atoms with Crippen LogP contribution in [0.1, 0.15) is 21.6 Å². The maximum atomic E-state index is 12.7. The van der Waals surface area contributed by atoms with Crippen molar-refractivity contribution in [2.24, 2.45) is 0 Å². The summed E-state index contributed by atoms with van der Waals surface area (Å²) in [7, 11) is -1.84. The van der Waals surface area contributed by atoms with Crippen molar-refractivity contribution < 1.29 is 8.42 Å². The SMILES string of the molecule is Cc1ccc(CN(C)S(=O)(=O)c2cc(Br)sc2C)c(C)c1. The summed E-state index contributed by atoms with van der Waals surface area (Å²) in [5.41, 5.74) is 3.32. The molecule has 0 saturated carbocycles. The minimum atomic E-state index is -3.46. The van der Waals surface area contributed by atoms with Crippen molar-refractivity contribution in [3.8, 4) is 0 Å². The normalized spacial score (nSPS) is 12.1. The van der Waals surface area contributed by atoms with Crippen LogP contribution in [0.4, 0.5) is 0 Å². The van der Waals surface area contributed by atoms with E-state index in [4.69, 9.17) is 0 Å². The number of sulfonamides is 1. The van der Waals surface area contributed by atoms with Gasteiger partial charge in [0.05, 0.1) is 8.68 Å². The van der Waals surface area contributed by atoms with Crippen LogP contribution in [0.5, 0.6) is 0 Å². The van der Waals surface area contributed by atoms with Crippen LogP contribution in [0.25, 0.3) is 0 Å². The molecule has 0 aliphatic carbocycles. The van der Waals surface area contributed by atoms with Crippen LogP contribution in [0.15, 0.2) is 32.9 Å². The number of hydrogen-bond acceptors (Lipinski definition) is 3. The molecule has 0 bridgehead atoms. The lowest BCUT2D eigenvalue weighted by Crippen LogP contribution is -2.27. The predicted molar refractivity (Wildman–Crippen MR) is 91.3 cm³/mol. The van der Waals surface area contributed by atoms with Crippen LogP contribution in [0.3, 0.4) is 0 Å². The average molecular weight is 388 g/mol. The van der Waals surface area contributed by atoms with Gasteiger partial charge in [0.25, 0.3) is 0 Å². The fourth-order valence-corrected chi connectivity index (χ4v) is 5.73. The van der Waals surface area contributed by atoms with Gasteiger partial charge in [-0.1, -0.05) is 23.8 Å². The predicted octanol–water partition coefficient (Wildman–Crippen LogP) is 4.26. The van der Waals surface area contributed by atoms with Gasteiger partial charge >= 0.3 is 0 Å². The summed E-state index contributed by atoms with van der Waals surface area (Å²) in [6.07, 6.45) is 0. The van der Waals surface area contributed by atoms with Crippen molar-refractivity contribution in [1.82, 2.24) is 4.31 Å². The fourth-order valence-electron chi connectivity index (χ4n) is 2.20. The first-order valence-corrected chi connectivity index (χ1v) is 9.55. The van der Waals surface area contributed by atoms with Crippen molar-refractivity contribution in [2.75, 3.05) is 7.05 Å². The largest absolute Gasteiger partial charge is 0.244 e. The number of nitrogens with zero attached hydrogens (tertiary/aromatic N) is 1. The Kier molecular flexibility index (Phi) is 4.92. The molecule has 2 aromatic rings. The van der Waals surface area contributed by atoms with Gasteiger partial charge < -0.3 is 0 Å². The van der Waals surface area contributed by atoms with Gasteiger partial charge in [-0.3, -0.25) is 0 Å². The van der Waals surface area contributed by atoms with Crippen molar-refractivity contribution in [3.05, 3.63) is 49.6 Å². The van der Waals surface area contributed by atoms with E-state index >= 15 is 0 Å². The average Bonchev–Trinajstić information content (AvgIpc) is 2.72. The van der Waals surface area contributed by atoms with Crippen molar-refractivity contribution in [2.45, 2.75) is 32.2 Å². The van der Waals surface area contributed by atoms with Gasteiger partial charge in [0.1, 0.15) is 0 Å². The van der Waals surface area contributed by atoms with E-state index in [1.54, 1.807) is 13.1 Å². The highest BCUT2D eigenvalue weighted by Gasteiger charge is 2.25. The van der Waals surface area contributed by atoms with Gasteiger partial charge in [0.15, 0.2) is 0 Å². The second-order valence-electron chi connectivity index (χ2n) is 5.16. The van der Waals surface area contributed by atoms with Gasteiger partial charge in [-0.05, 0) is 53.9 Å². The third kappa shape index (κ3) is 3.56. The molecule has 0 saturated heterocycles. The molecule has 0 spiro atoms. The van der Waals surface area contributed by atoms with Crippen LogP contribution in [-0.2, 0) is 16.6 Å². The molecule has 6 heteroatoms. The van der Waals surface area contributed by atoms with Crippen molar-refractivity contribution >= 4 is 37.3 Å². The standard InChI is InChI=1S/C15H18BrNO2S2/c1-10-5-6-13(11(2)7-10)9-17(4)21(18,19)14-8-15(16)20-12(14)3/h5-8H,9H2,1-4H3. The van der Waals surface area contributed by atoms with Crippen molar-refractivity contribution in [3.63, 3.8) is 0 Å². The number of benzene rings is 1. The molecule has 1 aromatic carbocycles. The molecule has 0 atom stereocenters. The Balaban J connectivity index is 2.31. The topological polar surface area (TPSA) is 37.4 Å². The maximum absolute atomic E-state index is 12.7. The van der Waals surface area contributed by atoms with Crippen LogP contribution >= 0.6 is 27.3 Å². The second-order valence-corrected chi connectivity index (χ2v) is 9.81. The van der Waals surface area contributed by atoms with Crippen molar-refractivity contribution in [1.29, 1.82) is 0 Å². The smallest absolute Gasteiger partial charge is 0.207 e. The van der Waals surface area contributed by atoms with E-state index in [0.29, 0.717) is 11.4 Å². The number of rotatable bonds is 4.